The second kappa shape index (κ2) is 6.54. The van der Waals surface area contributed by atoms with Crippen LogP contribution in [0.5, 0.6) is 0 Å². The van der Waals surface area contributed by atoms with E-state index in [0.717, 1.165) is 25.7 Å². The molecule has 1 saturated heterocycles. The van der Waals surface area contributed by atoms with Crippen LogP contribution in [0, 0.1) is 0 Å². The van der Waals surface area contributed by atoms with Gasteiger partial charge in [-0.2, -0.15) is 4.31 Å². The highest BCUT2D eigenvalue weighted by atomic mass is 32.2. The number of methoxy groups -OCH3 is 1. The van der Waals surface area contributed by atoms with Crippen LogP contribution >= 0.6 is 0 Å². The van der Waals surface area contributed by atoms with Gasteiger partial charge >= 0.3 is 0 Å². The van der Waals surface area contributed by atoms with E-state index >= 15 is 0 Å². The van der Waals surface area contributed by atoms with Gasteiger partial charge < -0.3 is 10.5 Å². The van der Waals surface area contributed by atoms with E-state index < -0.39 is 10.0 Å². The Morgan fingerprint density at radius 2 is 2.12 bits per heavy atom. The highest BCUT2D eigenvalue weighted by Gasteiger charge is 2.28. The van der Waals surface area contributed by atoms with Gasteiger partial charge in [0.15, 0.2) is 0 Å². The predicted molar refractivity (Wildman–Crippen MR) is 63.4 cm³/mol. The Hall–Kier alpha value is -0.170. The maximum absolute atomic E-state index is 12.0. The molecule has 0 aromatic heterocycles. The molecule has 6 heteroatoms. The minimum absolute atomic E-state index is 0.133. The van der Waals surface area contributed by atoms with Crippen LogP contribution in [0.4, 0.5) is 0 Å². The summed E-state index contributed by atoms with van der Waals surface area (Å²) in [6, 6.07) is 0. The summed E-state index contributed by atoms with van der Waals surface area (Å²) in [5, 5.41) is 0. The second-order valence-electron chi connectivity index (χ2n) is 4.19. The molecule has 0 aromatic rings. The molecule has 1 aliphatic heterocycles. The van der Waals surface area contributed by atoms with Crippen LogP contribution in [-0.2, 0) is 14.8 Å². The molecule has 0 saturated carbocycles. The van der Waals surface area contributed by atoms with Gasteiger partial charge in [0.2, 0.25) is 10.0 Å². The molecule has 1 fully saturated rings. The lowest BCUT2D eigenvalue weighted by Gasteiger charge is -2.25. The first-order chi connectivity index (χ1) is 7.58. The number of hydrogen-bond acceptors (Lipinski definition) is 4. The van der Waals surface area contributed by atoms with Gasteiger partial charge in [-0.1, -0.05) is 12.8 Å². The molecule has 96 valence electrons. The van der Waals surface area contributed by atoms with Gasteiger partial charge in [-0.3, -0.25) is 0 Å². The third-order valence-corrected chi connectivity index (χ3v) is 4.83. The van der Waals surface area contributed by atoms with Gasteiger partial charge in [0.05, 0.1) is 11.9 Å². The number of nitrogens with zero attached hydrogens (tertiary/aromatic N) is 1. The Kier molecular flexibility index (Phi) is 5.68. The Balaban J connectivity index is 2.57. The summed E-state index contributed by atoms with van der Waals surface area (Å²) in [7, 11) is -1.63. The normalized spacial score (nSPS) is 24.2. The highest BCUT2D eigenvalue weighted by molar-refractivity contribution is 7.89. The molecule has 1 unspecified atom stereocenters. The van der Waals surface area contributed by atoms with Crippen LogP contribution in [0.15, 0.2) is 0 Å². The van der Waals surface area contributed by atoms with Crippen molar-refractivity contribution in [2.45, 2.75) is 38.3 Å². The van der Waals surface area contributed by atoms with Crippen molar-refractivity contribution in [3.05, 3.63) is 0 Å². The molecule has 0 bridgehead atoms. The molecule has 1 heterocycles. The first kappa shape index (κ1) is 13.9. The number of rotatable bonds is 5. The molecule has 0 amide bonds. The zero-order chi connectivity index (χ0) is 12.0. The van der Waals surface area contributed by atoms with Gasteiger partial charge in [-0.25, -0.2) is 8.42 Å². The van der Waals surface area contributed by atoms with Gasteiger partial charge in [-0.05, 0) is 19.3 Å². The lowest BCUT2D eigenvalue weighted by atomic mass is 10.2. The zero-order valence-electron chi connectivity index (χ0n) is 9.89. The maximum atomic E-state index is 12.0. The number of ether oxygens (including phenoxy) is 1. The van der Waals surface area contributed by atoms with Crippen LogP contribution < -0.4 is 5.73 Å². The zero-order valence-corrected chi connectivity index (χ0v) is 10.7. The van der Waals surface area contributed by atoms with E-state index in [9.17, 15) is 8.42 Å². The average molecular weight is 250 g/mol. The van der Waals surface area contributed by atoms with Gasteiger partial charge in [-0.15, -0.1) is 0 Å². The molecule has 0 aromatic carbocycles. The van der Waals surface area contributed by atoms with E-state index in [1.54, 1.807) is 7.11 Å². The average Bonchev–Trinajstić information content (AvgIpc) is 2.43. The molecule has 2 N–H and O–H groups in total. The molecule has 16 heavy (non-hydrogen) atoms. The van der Waals surface area contributed by atoms with Gasteiger partial charge in [0.25, 0.3) is 0 Å². The third-order valence-electron chi connectivity index (χ3n) is 2.86. The van der Waals surface area contributed by atoms with E-state index in [2.05, 4.69) is 0 Å². The monoisotopic (exact) mass is 250 g/mol. The molecule has 1 aliphatic rings. The molecule has 1 rings (SSSR count). The second-order valence-corrected chi connectivity index (χ2v) is 6.23. The topological polar surface area (TPSA) is 72.6 Å². The number of hydrogen-bond donors (Lipinski definition) is 1. The SMILES string of the molecule is COCCCS(=O)(=O)N1CCCCCC1N. The first-order valence-electron chi connectivity index (χ1n) is 5.82. The summed E-state index contributed by atoms with van der Waals surface area (Å²) in [6.07, 6.45) is 3.96. The number of sulfonamides is 1. The summed E-state index contributed by atoms with van der Waals surface area (Å²) in [6.45, 7) is 1.04. The van der Waals surface area contributed by atoms with Crippen LogP contribution in [0.1, 0.15) is 32.1 Å². The predicted octanol–water partition coefficient (Wildman–Crippen LogP) is 0.514. The highest BCUT2D eigenvalue weighted by Crippen LogP contribution is 2.17. The fourth-order valence-corrected chi connectivity index (χ4v) is 3.60. The van der Waals surface area contributed by atoms with Crippen molar-refractivity contribution in [2.24, 2.45) is 5.73 Å². The van der Waals surface area contributed by atoms with E-state index in [0.29, 0.717) is 19.6 Å². The van der Waals surface area contributed by atoms with E-state index in [-0.39, 0.29) is 11.9 Å². The lowest BCUT2D eigenvalue weighted by Crippen LogP contribution is -2.46. The van der Waals surface area contributed by atoms with Crippen molar-refractivity contribution in [1.29, 1.82) is 0 Å². The molecular weight excluding hydrogens is 228 g/mol. The van der Waals surface area contributed by atoms with Crippen LogP contribution in [0.3, 0.4) is 0 Å². The van der Waals surface area contributed by atoms with E-state index in [4.69, 9.17) is 10.5 Å². The summed E-state index contributed by atoms with van der Waals surface area (Å²) < 4.78 is 30.4. The molecule has 0 aliphatic carbocycles. The molecule has 1 atom stereocenters. The maximum Gasteiger partial charge on any atom is 0.215 e. The lowest BCUT2D eigenvalue weighted by molar-refractivity contribution is 0.199. The summed E-state index contributed by atoms with van der Waals surface area (Å²) >= 11 is 0. The Morgan fingerprint density at radius 1 is 1.38 bits per heavy atom. The van der Waals surface area contributed by atoms with Gasteiger partial charge in [0.1, 0.15) is 0 Å². The minimum atomic E-state index is -3.20. The standard InChI is InChI=1S/C10H22N2O3S/c1-15-8-5-9-16(13,14)12-7-4-2-3-6-10(12)11/h10H,2-9,11H2,1H3. The molecular formula is C10H22N2O3S. The smallest absolute Gasteiger partial charge is 0.215 e. The quantitative estimate of drug-likeness (QED) is 0.722. The summed E-state index contributed by atoms with van der Waals surface area (Å²) in [5.74, 6) is 0.133. The summed E-state index contributed by atoms with van der Waals surface area (Å²) in [4.78, 5) is 0. The third kappa shape index (κ3) is 4.01. The molecule has 0 radical (unpaired) electrons. The molecule has 5 nitrogen and oxygen atoms in total. The van der Waals surface area contributed by atoms with Crippen molar-refractivity contribution in [2.75, 3.05) is 26.0 Å². The van der Waals surface area contributed by atoms with Crippen molar-refractivity contribution in [3.63, 3.8) is 0 Å². The van der Waals surface area contributed by atoms with E-state index in [1.165, 1.54) is 4.31 Å². The fraction of sp³-hybridized carbons (Fsp3) is 1.00. The van der Waals surface area contributed by atoms with Crippen molar-refractivity contribution in [1.82, 2.24) is 4.31 Å². The Bertz CT molecular complexity index is 292. The van der Waals surface area contributed by atoms with Crippen molar-refractivity contribution >= 4 is 10.0 Å². The van der Waals surface area contributed by atoms with Crippen LogP contribution in [0.25, 0.3) is 0 Å². The van der Waals surface area contributed by atoms with Crippen LogP contribution in [0.2, 0.25) is 0 Å². The van der Waals surface area contributed by atoms with Crippen molar-refractivity contribution < 1.29 is 13.2 Å². The Labute approximate surface area is 98.0 Å². The van der Waals surface area contributed by atoms with E-state index in [1.807, 2.05) is 0 Å². The van der Waals surface area contributed by atoms with Crippen molar-refractivity contribution in [3.8, 4) is 0 Å². The van der Waals surface area contributed by atoms with Crippen LogP contribution in [-0.4, -0.2) is 44.9 Å². The Morgan fingerprint density at radius 3 is 2.81 bits per heavy atom. The minimum Gasteiger partial charge on any atom is -0.385 e. The summed E-state index contributed by atoms with van der Waals surface area (Å²) in [5.41, 5.74) is 5.88. The number of nitrogens with two attached hydrogens (primary N) is 1. The fourth-order valence-electron chi connectivity index (χ4n) is 1.96. The largest absolute Gasteiger partial charge is 0.385 e. The first-order valence-corrected chi connectivity index (χ1v) is 7.43. The molecule has 0 spiro atoms. The van der Waals surface area contributed by atoms with Gasteiger partial charge in [0, 0.05) is 20.3 Å².